The molecule has 0 bridgehead atoms. The molecule has 0 radical (unpaired) electrons. The molecule has 0 spiro atoms. The van der Waals surface area contributed by atoms with E-state index in [4.69, 9.17) is 11.6 Å². The third kappa shape index (κ3) is 2.91. The molecule has 2 heterocycles. The molecule has 0 aliphatic rings. The van der Waals surface area contributed by atoms with Crippen LogP contribution in [0.3, 0.4) is 0 Å². The fourth-order valence-corrected chi connectivity index (χ4v) is 1.71. The first kappa shape index (κ1) is 13.9. The van der Waals surface area contributed by atoms with E-state index in [2.05, 4.69) is 15.5 Å². The highest BCUT2D eigenvalue weighted by molar-refractivity contribution is 6.29. The Balaban J connectivity index is 2.24. The Labute approximate surface area is 118 Å². The van der Waals surface area contributed by atoms with Crippen molar-refractivity contribution in [2.45, 2.75) is 13.5 Å². The second kappa shape index (κ2) is 5.66. The summed E-state index contributed by atoms with van der Waals surface area (Å²) < 4.78 is 1.48. The average Bonchev–Trinajstić information content (AvgIpc) is 2.86. The molecule has 1 N–H and O–H groups in total. The Morgan fingerprint density at radius 3 is 2.80 bits per heavy atom. The van der Waals surface area contributed by atoms with Gasteiger partial charge in [-0.25, -0.2) is 0 Å². The highest BCUT2D eigenvalue weighted by Crippen LogP contribution is 2.17. The molecule has 0 atom stereocenters. The number of nitrogens with one attached hydrogen (secondary N) is 1. The number of nitrogens with zero attached hydrogens (tertiary/aromatic N) is 4. The van der Waals surface area contributed by atoms with Gasteiger partial charge in [-0.05, 0) is 19.1 Å². The van der Waals surface area contributed by atoms with E-state index in [-0.39, 0.29) is 22.4 Å². The number of carbonyl (C=O) groups is 1. The number of hydrogen-bond acceptors (Lipinski definition) is 5. The number of aromatic nitrogens is 3. The van der Waals surface area contributed by atoms with Gasteiger partial charge < -0.3 is 9.88 Å². The van der Waals surface area contributed by atoms with Gasteiger partial charge in [-0.3, -0.25) is 14.9 Å². The summed E-state index contributed by atoms with van der Waals surface area (Å²) in [4.78, 5) is 22.2. The first-order chi connectivity index (χ1) is 9.51. The minimum absolute atomic E-state index is 0.140. The van der Waals surface area contributed by atoms with Crippen molar-refractivity contribution in [1.82, 2.24) is 14.8 Å². The molecule has 0 saturated heterocycles. The summed E-state index contributed by atoms with van der Waals surface area (Å²) in [6, 6.07) is 4.18. The number of rotatable bonds is 4. The predicted molar refractivity (Wildman–Crippen MR) is 71.8 cm³/mol. The maximum Gasteiger partial charge on any atom is 0.287 e. The Hall–Kier alpha value is -2.48. The maximum atomic E-state index is 12.1. The summed E-state index contributed by atoms with van der Waals surface area (Å²) in [5.74, 6) is -0.289. The molecule has 2 aromatic heterocycles. The van der Waals surface area contributed by atoms with Gasteiger partial charge in [-0.2, -0.15) is 0 Å². The van der Waals surface area contributed by atoms with Crippen molar-refractivity contribution in [2.24, 2.45) is 0 Å². The van der Waals surface area contributed by atoms with E-state index in [9.17, 15) is 14.9 Å². The van der Waals surface area contributed by atoms with Gasteiger partial charge in [0.05, 0.1) is 11.1 Å². The molecule has 0 aliphatic heterocycles. The zero-order valence-corrected chi connectivity index (χ0v) is 11.2. The zero-order chi connectivity index (χ0) is 14.7. The van der Waals surface area contributed by atoms with Gasteiger partial charge in [0, 0.05) is 12.6 Å². The summed E-state index contributed by atoms with van der Waals surface area (Å²) in [5.41, 5.74) is 0.0372. The fraction of sp³-hybridized carbons (Fsp3) is 0.182. The van der Waals surface area contributed by atoms with Crippen LogP contribution in [-0.2, 0) is 6.54 Å². The lowest BCUT2D eigenvalue weighted by molar-refractivity contribution is -0.384. The monoisotopic (exact) mass is 295 g/mol. The molecule has 0 saturated carbocycles. The van der Waals surface area contributed by atoms with Crippen LogP contribution in [0.5, 0.6) is 0 Å². The summed E-state index contributed by atoms with van der Waals surface area (Å²) in [5, 5.41) is 20.7. The van der Waals surface area contributed by atoms with Crippen molar-refractivity contribution in [2.75, 3.05) is 5.32 Å². The average molecular weight is 296 g/mol. The molecule has 0 fully saturated rings. The fourth-order valence-electron chi connectivity index (χ4n) is 1.61. The third-order valence-electron chi connectivity index (χ3n) is 2.54. The molecule has 2 rings (SSSR count). The number of hydrogen-bond donors (Lipinski definition) is 1. The third-order valence-corrected chi connectivity index (χ3v) is 2.74. The molecule has 104 valence electrons. The minimum Gasteiger partial charge on any atom is -0.337 e. The van der Waals surface area contributed by atoms with Crippen LogP contribution in [0.25, 0.3) is 0 Å². The van der Waals surface area contributed by atoms with Gasteiger partial charge in [0.15, 0.2) is 11.0 Å². The number of anilines is 1. The topological polar surface area (TPSA) is 103 Å². The lowest BCUT2D eigenvalue weighted by atomic mass is 10.3. The molecular weight excluding hydrogens is 286 g/mol. The lowest BCUT2D eigenvalue weighted by Crippen LogP contribution is -2.17. The number of carbonyl (C=O) groups excluding carboxylic acids is 1. The summed E-state index contributed by atoms with van der Waals surface area (Å²) in [7, 11) is 0. The van der Waals surface area contributed by atoms with E-state index in [0.717, 1.165) is 0 Å². The summed E-state index contributed by atoms with van der Waals surface area (Å²) >= 11 is 5.59. The smallest absolute Gasteiger partial charge is 0.287 e. The molecule has 2 aromatic rings. The molecular formula is C11H10ClN5O3. The van der Waals surface area contributed by atoms with Gasteiger partial charge >= 0.3 is 0 Å². The van der Waals surface area contributed by atoms with Crippen LogP contribution in [0.15, 0.2) is 24.4 Å². The first-order valence-electron chi connectivity index (χ1n) is 5.66. The molecule has 20 heavy (non-hydrogen) atoms. The Morgan fingerprint density at radius 2 is 2.25 bits per heavy atom. The van der Waals surface area contributed by atoms with Crippen molar-refractivity contribution in [3.05, 3.63) is 45.4 Å². The number of amides is 1. The van der Waals surface area contributed by atoms with Crippen molar-refractivity contribution in [3.63, 3.8) is 0 Å². The summed E-state index contributed by atoms with van der Waals surface area (Å²) in [6.07, 6.45) is 1.31. The van der Waals surface area contributed by atoms with Gasteiger partial charge in [-0.15, -0.1) is 10.2 Å². The molecule has 1 amide bonds. The molecule has 0 aliphatic carbocycles. The highest BCUT2D eigenvalue weighted by atomic mass is 35.5. The van der Waals surface area contributed by atoms with Gasteiger partial charge in [-0.1, -0.05) is 11.6 Å². The zero-order valence-electron chi connectivity index (χ0n) is 10.4. The van der Waals surface area contributed by atoms with Gasteiger partial charge in [0.2, 0.25) is 0 Å². The number of halogens is 1. The Kier molecular flexibility index (Phi) is 3.94. The van der Waals surface area contributed by atoms with E-state index in [1.165, 1.54) is 29.0 Å². The number of nitro groups is 1. The predicted octanol–water partition coefficient (Wildman–Crippen LogP) is 2.11. The minimum atomic E-state index is -0.551. The molecule has 9 heteroatoms. The largest absolute Gasteiger partial charge is 0.337 e. The Bertz CT molecular complexity index is 653. The van der Waals surface area contributed by atoms with E-state index < -0.39 is 10.8 Å². The van der Waals surface area contributed by atoms with E-state index in [0.29, 0.717) is 6.54 Å². The SMILES string of the molecule is CCn1cc([N+](=O)[O-])cc1C(=O)Nc1ccc(Cl)nn1. The lowest BCUT2D eigenvalue weighted by Gasteiger charge is -2.05. The van der Waals surface area contributed by atoms with Crippen molar-refractivity contribution in [3.8, 4) is 0 Å². The second-order valence-corrected chi connectivity index (χ2v) is 4.21. The molecule has 0 unspecified atom stereocenters. The molecule has 0 aromatic carbocycles. The van der Waals surface area contributed by atoms with Crippen LogP contribution in [0.1, 0.15) is 17.4 Å². The normalized spacial score (nSPS) is 10.3. The Morgan fingerprint density at radius 1 is 1.50 bits per heavy atom. The van der Waals surface area contributed by atoms with Crippen LogP contribution in [0.2, 0.25) is 5.15 Å². The van der Waals surface area contributed by atoms with E-state index >= 15 is 0 Å². The van der Waals surface area contributed by atoms with Crippen LogP contribution in [-0.4, -0.2) is 25.6 Å². The first-order valence-corrected chi connectivity index (χ1v) is 6.04. The second-order valence-electron chi connectivity index (χ2n) is 3.82. The van der Waals surface area contributed by atoms with E-state index in [1.807, 2.05) is 0 Å². The van der Waals surface area contributed by atoms with Crippen LogP contribution in [0, 0.1) is 10.1 Å². The maximum absolute atomic E-state index is 12.1. The van der Waals surface area contributed by atoms with Crippen LogP contribution >= 0.6 is 11.6 Å². The summed E-state index contributed by atoms with van der Waals surface area (Å²) in [6.45, 7) is 2.21. The standard InChI is InChI=1S/C11H10ClN5O3/c1-2-16-6-7(17(19)20)5-8(16)11(18)13-10-4-3-9(12)14-15-10/h3-6H,2H2,1H3,(H,13,15,18). The quantitative estimate of drug-likeness (QED) is 0.687. The number of aryl methyl sites for hydroxylation is 1. The van der Waals surface area contributed by atoms with E-state index in [1.54, 1.807) is 6.92 Å². The molecule has 8 nitrogen and oxygen atoms in total. The van der Waals surface area contributed by atoms with Gasteiger partial charge in [0.1, 0.15) is 5.69 Å². The van der Waals surface area contributed by atoms with Crippen molar-refractivity contribution in [1.29, 1.82) is 0 Å². The van der Waals surface area contributed by atoms with Gasteiger partial charge in [0.25, 0.3) is 11.6 Å². The van der Waals surface area contributed by atoms with Crippen LogP contribution < -0.4 is 5.32 Å². The van der Waals surface area contributed by atoms with Crippen molar-refractivity contribution < 1.29 is 9.72 Å². The van der Waals surface area contributed by atoms with Crippen LogP contribution in [0.4, 0.5) is 11.5 Å². The highest BCUT2D eigenvalue weighted by Gasteiger charge is 2.19. The van der Waals surface area contributed by atoms with Crippen molar-refractivity contribution >= 4 is 29.0 Å².